The summed E-state index contributed by atoms with van der Waals surface area (Å²) in [5.41, 5.74) is 0.116. The highest BCUT2D eigenvalue weighted by atomic mass is 35.5. The van der Waals surface area contributed by atoms with Gasteiger partial charge in [-0.15, -0.1) is 0 Å². The van der Waals surface area contributed by atoms with Gasteiger partial charge in [0.15, 0.2) is 0 Å². The van der Waals surface area contributed by atoms with Crippen LogP contribution in [-0.2, 0) is 24.7 Å². The molecule has 4 aliphatic heterocycles. The lowest BCUT2D eigenvalue weighted by atomic mass is 9.73. The van der Waals surface area contributed by atoms with Crippen molar-refractivity contribution in [3.63, 3.8) is 0 Å². The molecule has 1 aromatic rings. The van der Waals surface area contributed by atoms with E-state index in [2.05, 4.69) is 5.32 Å². The second-order valence-electron chi connectivity index (χ2n) is 5.92. The first-order valence-electron chi connectivity index (χ1n) is 6.67. The quantitative estimate of drug-likeness (QED) is 0.623. The molecule has 1 aromatic carbocycles. The summed E-state index contributed by atoms with van der Waals surface area (Å²) >= 11 is 12.1. The van der Waals surface area contributed by atoms with E-state index in [1.54, 1.807) is 18.2 Å². The first-order chi connectivity index (χ1) is 10.0. The molecule has 6 atom stereocenters. The Morgan fingerprint density at radius 2 is 1.67 bits per heavy atom. The smallest absolute Gasteiger partial charge is 0.233 e. The number of hydrogen-bond donors (Lipinski definition) is 1. The molecule has 5 nitrogen and oxygen atoms in total. The highest BCUT2D eigenvalue weighted by Crippen LogP contribution is 2.67. The van der Waals surface area contributed by atoms with Crippen molar-refractivity contribution in [2.75, 3.05) is 0 Å². The van der Waals surface area contributed by atoms with Crippen molar-refractivity contribution < 1.29 is 19.1 Å². The normalized spacial score (nSPS) is 45.5. The Labute approximate surface area is 129 Å². The molecule has 1 N–H and O–H groups in total. The molecular weight excluding hydrogens is 317 g/mol. The lowest BCUT2D eigenvalue weighted by Gasteiger charge is -2.23. The summed E-state index contributed by atoms with van der Waals surface area (Å²) in [6.07, 6.45) is -1.04. The largest absolute Gasteiger partial charge is 0.367 e. The fourth-order valence-electron chi connectivity index (χ4n) is 4.15. The van der Waals surface area contributed by atoms with E-state index in [4.69, 9.17) is 32.7 Å². The number of hydrogen-bond acceptors (Lipinski definition) is 4. The van der Waals surface area contributed by atoms with Crippen molar-refractivity contribution in [1.82, 2.24) is 5.32 Å². The molecule has 0 spiro atoms. The molecule has 108 valence electrons. The van der Waals surface area contributed by atoms with E-state index in [0.29, 0.717) is 10.0 Å². The average Bonchev–Trinajstić information content (AvgIpc) is 2.80. The van der Waals surface area contributed by atoms with Crippen LogP contribution in [0, 0.1) is 11.8 Å². The van der Waals surface area contributed by atoms with Crippen molar-refractivity contribution in [3.05, 3.63) is 33.8 Å². The van der Waals surface area contributed by atoms with E-state index in [1.165, 1.54) is 0 Å². The molecule has 2 bridgehead atoms. The van der Waals surface area contributed by atoms with Gasteiger partial charge < -0.3 is 9.47 Å². The Bertz CT molecular complexity index is 703. The fraction of sp³-hybridized carbons (Fsp3) is 0.429. The molecule has 0 aliphatic carbocycles. The predicted octanol–water partition coefficient (Wildman–Crippen LogP) is 1.26. The first-order valence-corrected chi connectivity index (χ1v) is 7.42. The van der Waals surface area contributed by atoms with Crippen LogP contribution in [-0.4, -0.2) is 30.1 Å². The molecule has 4 saturated heterocycles. The maximum atomic E-state index is 12.0. The van der Waals surface area contributed by atoms with Crippen LogP contribution in [0.5, 0.6) is 0 Å². The molecule has 4 fully saturated rings. The molecule has 4 heterocycles. The number of fused-ring (bicyclic) bond motifs is 8. The minimum Gasteiger partial charge on any atom is -0.367 e. The number of benzene rings is 1. The minimum atomic E-state index is -0.692. The van der Waals surface area contributed by atoms with Gasteiger partial charge in [-0.2, -0.15) is 0 Å². The molecule has 0 aromatic heterocycles. The number of imide groups is 1. The van der Waals surface area contributed by atoms with Crippen LogP contribution in [0.25, 0.3) is 0 Å². The van der Waals surface area contributed by atoms with Gasteiger partial charge in [-0.25, -0.2) is 0 Å². The van der Waals surface area contributed by atoms with E-state index >= 15 is 0 Å². The van der Waals surface area contributed by atoms with Crippen molar-refractivity contribution in [2.45, 2.75) is 23.9 Å². The summed E-state index contributed by atoms with van der Waals surface area (Å²) in [6, 6.07) is 5.20. The first kappa shape index (κ1) is 12.4. The summed E-state index contributed by atoms with van der Waals surface area (Å²) < 4.78 is 11.8. The van der Waals surface area contributed by atoms with Crippen LogP contribution >= 0.6 is 23.2 Å². The molecule has 5 rings (SSSR count). The monoisotopic (exact) mass is 325 g/mol. The maximum absolute atomic E-state index is 12.0. The van der Waals surface area contributed by atoms with Crippen LogP contribution in [0.2, 0.25) is 10.0 Å². The Balaban J connectivity index is 1.62. The minimum absolute atomic E-state index is 0.213. The van der Waals surface area contributed by atoms with Crippen LogP contribution in [0.4, 0.5) is 0 Å². The van der Waals surface area contributed by atoms with Gasteiger partial charge in [0, 0.05) is 10.0 Å². The summed E-state index contributed by atoms with van der Waals surface area (Å²) in [6.45, 7) is 0. The fourth-order valence-corrected chi connectivity index (χ4v) is 4.68. The molecule has 2 amide bonds. The second kappa shape index (κ2) is 3.60. The van der Waals surface area contributed by atoms with Gasteiger partial charge in [0.2, 0.25) is 11.8 Å². The summed E-state index contributed by atoms with van der Waals surface area (Å²) in [5, 5.41) is 3.40. The zero-order valence-corrected chi connectivity index (χ0v) is 12.0. The van der Waals surface area contributed by atoms with E-state index < -0.39 is 23.5 Å². The Morgan fingerprint density at radius 1 is 1.00 bits per heavy atom. The summed E-state index contributed by atoms with van der Waals surface area (Å²) in [7, 11) is 0. The Morgan fingerprint density at radius 3 is 2.38 bits per heavy atom. The molecule has 0 saturated carbocycles. The number of rotatable bonds is 1. The zero-order valence-electron chi connectivity index (χ0n) is 10.5. The van der Waals surface area contributed by atoms with Crippen molar-refractivity contribution >= 4 is 35.0 Å². The predicted molar refractivity (Wildman–Crippen MR) is 71.8 cm³/mol. The zero-order chi connectivity index (χ0) is 14.5. The number of ether oxygens (including phenoxy) is 2. The van der Waals surface area contributed by atoms with Gasteiger partial charge in [0.05, 0.1) is 11.8 Å². The summed E-state index contributed by atoms with van der Waals surface area (Å²) in [4.78, 5) is 23.9. The summed E-state index contributed by atoms with van der Waals surface area (Å²) in [5.74, 6) is -1.46. The topological polar surface area (TPSA) is 67.9 Å². The van der Waals surface area contributed by atoms with Crippen LogP contribution in [0.1, 0.15) is 5.56 Å². The number of halogens is 2. The lowest BCUT2D eigenvalue weighted by Crippen LogP contribution is -2.40. The third-order valence-electron chi connectivity index (χ3n) is 4.94. The molecular formula is C14H9Cl2NO4. The van der Waals surface area contributed by atoms with Crippen molar-refractivity contribution in [2.24, 2.45) is 11.8 Å². The number of carbonyl (C=O) groups excluding carboxylic acids is 2. The van der Waals surface area contributed by atoms with Gasteiger partial charge in [-0.05, 0) is 23.8 Å². The molecule has 7 heteroatoms. The van der Waals surface area contributed by atoms with E-state index in [0.717, 1.165) is 5.56 Å². The Hall–Kier alpha value is -1.14. The van der Waals surface area contributed by atoms with Gasteiger partial charge >= 0.3 is 0 Å². The molecule has 6 unspecified atom stereocenters. The molecule has 0 radical (unpaired) electrons. The van der Waals surface area contributed by atoms with Crippen LogP contribution in [0.15, 0.2) is 18.2 Å². The van der Waals surface area contributed by atoms with Gasteiger partial charge in [0.25, 0.3) is 0 Å². The lowest BCUT2D eigenvalue weighted by molar-refractivity contribution is -0.130. The highest BCUT2D eigenvalue weighted by Gasteiger charge is 2.82. The van der Waals surface area contributed by atoms with Crippen LogP contribution < -0.4 is 5.32 Å². The maximum Gasteiger partial charge on any atom is 0.233 e. The third-order valence-corrected chi connectivity index (χ3v) is 5.38. The highest BCUT2D eigenvalue weighted by molar-refractivity contribution is 6.34. The molecule has 4 aliphatic rings. The van der Waals surface area contributed by atoms with Crippen molar-refractivity contribution in [1.29, 1.82) is 0 Å². The number of epoxide rings is 1. The third kappa shape index (κ3) is 1.31. The van der Waals surface area contributed by atoms with E-state index in [9.17, 15) is 9.59 Å². The number of amides is 2. The Kier molecular flexibility index (Phi) is 2.13. The van der Waals surface area contributed by atoms with Crippen molar-refractivity contribution in [3.8, 4) is 0 Å². The number of carbonyl (C=O) groups is 2. The SMILES string of the molecule is O=C1NC(=O)C2C1C1OC2C2(c3cc(Cl)cc(Cl)c3)OC12. The van der Waals surface area contributed by atoms with Gasteiger partial charge in [0.1, 0.15) is 23.9 Å². The second-order valence-corrected chi connectivity index (χ2v) is 6.79. The number of nitrogens with one attached hydrogen (secondary N) is 1. The van der Waals surface area contributed by atoms with E-state index in [1.807, 2.05) is 0 Å². The van der Waals surface area contributed by atoms with Gasteiger partial charge in [-0.1, -0.05) is 23.2 Å². The van der Waals surface area contributed by atoms with E-state index in [-0.39, 0.29) is 24.0 Å². The van der Waals surface area contributed by atoms with Crippen LogP contribution in [0.3, 0.4) is 0 Å². The molecule has 21 heavy (non-hydrogen) atoms. The standard InChI is InChI=1S/C14H9Cl2NO4/c15-5-1-4(2-6(16)3-5)14-10-8-7(12(18)17-13(8)19)9(20-10)11(14)21-14/h1-3,7-11H,(H,17,18,19). The van der Waals surface area contributed by atoms with Gasteiger partial charge in [-0.3, -0.25) is 14.9 Å². The average molecular weight is 326 g/mol.